The van der Waals surface area contributed by atoms with Gasteiger partial charge in [-0.05, 0) is 37.5 Å². The van der Waals surface area contributed by atoms with Crippen molar-refractivity contribution in [3.8, 4) is 5.88 Å². The third-order valence-electron chi connectivity index (χ3n) is 6.09. The molecule has 1 aromatic carbocycles. The van der Waals surface area contributed by atoms with Gasteiger partial charge in [-0.25, -0.2) is 18.4 Å². The maximum atomic E-state index is 13.3. The summed E-state index contributed by atoms with van der Waals surface area (Å²) in [5.41, 5.74) is 1.01. The molecule has 1 saturated carbocycles. The summed E-state index contributed by atoms with van der Waals surface area (Å²) < 4.78 is 40.8. The van der Waals surface area contributed by atoms with Gasteiger partial charge in [0.15, 0.2) is 20.7 Å². The largest absolute Gasteiger partial charge is 0.481 e. The lowest BCUT2D eigenvalue weighted by molar-refractivity contribution is -0.110. The Morgan fingerprint density at radius 2 is 1.84 bits per heavy atom. The molecule has 0 saturated heterocycles. The molecule has 1 amide bonds. The molecule has 4 rings (SSSR count). The second-order valence-electron chi connectivity index (χ2n) is 8.68. The minimum atomic E-state index is -3.49. The Kier molecular flexibility index (Phi) is 9.26. The second-order valence-corrected chi connectivity index (χ2v) is 11.8. The van der Waals surface area contributed by atoms with Crippen molar-refractivity contribution >= 4 is 48.3 Å². The molecule has 11 nitrogen and oxygen atoms in total. The summed E-state index contributed by atoms with van der Waals surface area (Å²) in [7, 11) is 1.22. The topological polar surface area (TPSA) is 138 Å². The number of ether oxygens (including phenoxy) is 3. The maximum Gasteiger partial charge on any atom is 0.280 e. The van der Waals surface area contributed by atoms with Gasteiger partial charge in [0.2, 0.25) is 5.88 Å². The SMILES string of the molecule is COCCCS(=O)(=O)c1ccc(C(=NO[C@@H]2CC[C@@H](OC)C2)C(=O)Nc2nc3ccc(OC)nc3s2)cc1. The van der Waals surface area contributed by atoms with Crippen LogP contribution in [0, 0.1) is 0 Å². The monoisotopic (exact) mass is 562 g/mol. The number of methoxy groups -OCH3 is 3. The number of nitrogens with zero attached hydrogens (tertiary/aromatic N) is 3. The molecule has 0 aliphatic heterocycles. The molecule has 1 aliphatic carbocycles. The Morgan fingerprint density at radius 1 is 1.08 bits per heavy atom. The van der Waals surface area contributed by atoms with E-state index in [2.05, 4.69) is 20.4 Å². The van der Waals surface area contributed by atoms with E-state index >= 15 is 0 Å². The predicted octanol–water partition coefficient (Wildman–Crippen LogP) is 3.44. The van der Waals surface area contributed by atoms with E-state index < -0.39 is 15.7 Å². The van der Waals surface area contributed by atoms with Crippen LogP contribution in [0.25, 0.3) is 10.3 Å². The van der Waals surface area contributed by atoms with Crippen LogP contribution >= 0.6 is 11.3 Å². The number of hydrogen-bond acceptors (Lipinski definition) is 11. The number of carbonyl (C=O) groups excluding carboxylic acids is 1. The molecule has 2 heterocycles. The number of fused-ring (bicyclic) bond motifs is 1. The van der Waals surface area contributed by atoms with Crippen LogP contribution in [-0.2, 0) is 28.9 Å². The van der Waals surface area contributed by atoms with Crippen LogP contribution in [0.1, 0.15) is 31.2 Å². The number of aromatic nitrogens is 2. The fourth-order valence-electron chi connectivity index (χ4n) is 4.02. The van der Waals surface area contributed by atoms with Gasteiger partial charge in [0.1, 0.15) is 16.5 Å². The molecule has 2 atom stereocenters. The lowest BCUT2D eigenvalue weighted by atomic mass is 10.1. The van der Waals surface area contributed by atoms with Crippen LogP contribution in [-0.4, -0.2) is 75.9 Å². The van der Waals surface area contributed by atoms with Crippen molar-refractivity contribution in [2.24, 2.45) is 5.16 Å². The standard InChI is InChI=1S/C25H30N4O7S2/c1-33-13-4-14-38(31,32)19-9-5-16(6-10-19)22(29-36-18-8-7-17(15-18)34-2)23(30)28-25-26-20-11-12-21(35-3)27-24(20)37-25/h5-6,9-12,17-18H,4,7-8,13-15H2,1-3H3,(H,26,28,30)/t17-,18-/m1/s1. The van der Waals surface area contributed by atoms with Crippen LogP contribution in [0.15, 0.2) is 46.4 Å². The molecule has 0 radical (unpaired) electrons. The predicted molar refractivity (Wildman–Crippen MR) is 144 cm³/mol. The molecule has 13 heteroatoms. The zero-order chi connectivity index (χ0) is 27.1. The summed E-state index contributed by atoms with van der Waals surface area (Å²) >= 11 is 1.19. The molecular weight excluding hydrogens is 532 g/mol. The van der Waals surface area contributed by atoms with E-state index in [-0.39, 0.29) is 28.6 Å². The van der Waals surface area contributed by atoms with Gasteiger partial charge in [-0.3, -0.25) is 10.1 Å². The quantitative estimate of drug-likeness (QED) is 0.200. The minimum Gasteiger partial charge on any atom is -0.481 e. The van der Waals surface area contributed by atoms with E-state index in [0.29, 0.717) is 46.4 Å². The third kappa shape index (κ3) is 6.84. The van der Waals surface area contributed by atoms with Gasteiger partial charge >= 0.3 is 0 Å². The lowest BCUT2D eigenvalue weighted by Crippen LogP contribution is -2.25. The summed E-state index contributed by atoms with van der Waals surface area (Å²) in [6.45, 7) is 0.352. The molecular formula is C25H30N4O7S2. The second kappa shape index (κ2) is 12.6. The van der Waals surface area contributed by atoms with Crippen molar-refractivity contribution in [3.63, 3.8) is 0 Å². The Bertz CT molecular complexity index is 1390. The highest BCUT2D eigenvalue weighted by molar-refractivity contribution is 7.91. The highest BCUT2D eigenvalue weighted by Gasteiger charge is 2.27. The van der Waals surface area contributed by atoms with Gasteiger partial charge in [0.25, 0.3) is 5.91 Å². The summed E-state index contributed by atoms with van der Waals surface area (Å²) in [4.78, 5) is 28.6. The average molecular weight is 563 g/mol. The van der Waals surface area contributed by atoms with E-state index in [1.165, 1.54) is 37.7 Å². The summed E-state index contributed by atoms with van der Waals surface area (Å²) in [5, 5.41) is 7.29. The molecule has 38 heavy (non-hydrogen) atoms. The van der Waals surface area contributed by atoms with E-state index in [9.17, 15) is 13.2 Å². The molecule has 0 bridgehead atoms. The number of hydrogen-bond donors (Lipinski definition) is 1. The molecule has 0 spiro atoms. The van der Waals surface area contributed by atoms with Gasteiger partial charge in [-0.15, -0.1) is 0 Å². The Hall–Kier alpha value is -3.13. The number of sulfone groups is 1. The van der Waals surface area contributed by atoms with Crippen molar-refractivity contribution in [2.45, 2.75) is 42.8 Å². The molecule has 204 valence electrons. The van der Waals surface area contributed by atoms with Crippen LogP contribution in [0.2, 0.25) is 0 Å². The van der Waals surface area contributed by atoms with E-state index in [4.69, 9.17) is 19.0 Å². The first-order valence-corrected chi connectivity index (χ1v) is 14.5. The number of thiazole rings is 1. The highest BCUT2D eigenvalue weighted by atomic mass is 32.2. The van der Waals surface area contributed by atoms with Gasteiger partial charge in [0, 0.05) is 38.9 Å². The number of rotatable bonds is 12. The number of oxime groups is 1. The summed E-state index contributed by atoms with van der Waals surface area (Å²) in [6, 6.07) is 9.46. The fourth-order valence-corrected chi connectivity index (χ4v) is 6.13. The van der Waals surface area contributed by atoms with Crippen molar-refractivity contribution in [3.05, 3.63) is 42.0 Å². The summed E-state index contributed by atoms with van der Waals surface area (Å²) in [6.07, 6.45) is 2.54. The molecule has 0 unspecified atom stereocenters. The zero-order valence-electron chi connectivity index (χ0n) is 21.4. The molecule has 1 N–H and O–H groups in total. The van der Waals surface area contributed by atoms with E-state index in [0.717, 1.165) is 12.8 Å². The van der Waals surface area contributed by atoms with Crippen molar-refractivity contribution in [1.29, 1.82) is 0 Å². The van der Waals surface area contributed by atoms with Crippen LogP contribution in [0.3, 0.4) is 0 Å². The molecule has 3 aromatic rings. The molecule has 1 fully saturated rings. The van der Waals surface area contributed by atoms with Gasteiger partial charge in [-0.1, -0.05) is 28.6 Å². The minimum absolute atomic E-state index is 0.000932. The lowest BCUT2D eigenvalue weighted by Gasteiger charge is -2.12. The Labute approximate surface area is 225 Å². The van der Waals surface area contributed by atoms with Crippen LogP contribution < -0.4 is 10.1 Å². The van der Waals surface area contributed by atoms with Crippen molar-refractivity contribution < 1.29 is 32.3 Å². The van der Waals surface area contributed by atoms with Crippen molar-refractivity contribution in [2.75, 3.05) is 39.0 Å². The first-order chi connectivity index (χ1) is 18.3. The highest BCUT2D eigenvalue weighted by Crippen LogP contribution is 2.27. The van der Waals surface area contributed by atoms with E-state index in [1.54, 1.807) is 31.4 Å². The maximum absolute atomic E-state index is 13.3. The third-order valence-corrected chi connectivity index (χ3v) is 8.78. The van der Waals surface area contributed by atoms with Gasteiger partial charge in [0.05, 0.1) is 23.9 Å². The number of pyridine rings is 1. The normalized spacial score (nSPS) is 18.0. The van der Waals surface area contributed by atoms with Crippen LogP contribution in [0.4, 0.5) is 5.13 Å². The Balaban J connectivity index is 1.57. The summed E-state index contributed by atoms with van der Waals surface area (Å²) in [5.74, 6) is -0.144. The van der Waals surface area contributed by atoms with Gasteiger partial charge in [-0.2, -0.15) is 0 Å². The van der Waals surface area contributed by atoms with Crippen LogP contribution in [0.5, 0.6) is 5.88 Å². The number of nitrogens with one attached hydrogen (secondary N) is 1. The van der Waals surface area contributed by atoms with Crippen molar-refractivity contribution in [1.82, 2.24) is 9.97 Å². The zero-order valence-corrected chi connectivity index (χ0v) is 23.0. The van der Waals surface area contributed by atoms with Gasteiger partial charge < -0.3 is 19.0 Å². The smallest absolute Gasteiger partial charge is 0.280 e. The fraction of sp³-hybridized carbons (Fsp3) is 0.440. The Morgan fingerprint density at radius 3 is 2.53 bits per heavy atom. The average Bonchev–Trinajstić information content (AvgIpc) is 3.54. The first-order valence-electron chi connectivity index (χ1n) is 12.0. The molecule has 1 aliphatic rings. The number of anilines is 1. The van der Waals surface area contributed by atoms with E-state index in [1.807, 2.05) is 0 Å². The number of amides is 1. The first kappa shape index (κ1) is 27.9. The molecule has 2 aromatic heterocycles. The number of carbonyl (C=O) groups is 1. The number of benzene rings is 1.